The molecule has 69 valence electrons. The first-order chi connectivity index (χ1) is 3.93. The predicted octanol–water partition coefficient (Wildman–Crippen LogP) is -7.57. The van der Waals surface area contributed by atoms with Crippen molar-refractivity contribution in [1.82, 2.24) is 0 Å². The van der Waals surface area contributed by atoms with Crippen LogP contribution in [0.25, 0.3) is 0 Å². The first-order valence-electron chi connectivity index (χ1n) is 3.26. The Balaban J connectivity index is -0.000000213. The van der Waals surface area contributed by atoms with Gasteiger partial charge in [0.05, 0.1) is 0 Å². The summed E-state index contributed by atoms with van der Waals surface area (Å²) in [5.41, 5.74) is 0. The molecule has 0 saturated heterocycles. The lowest BCUT2D eigenvalue weighted by molar-refractivity contribution is -0.001000. The van der Waals surface area contributed by atoms with E-state index in [0.717, 1.165) is 0 Å². The van der Waals surface area contributed by atoms with Gasteiger partial charge in [0.1, 0.15) is 0 Å². The summed E-state index contributed by atoms with van der Waals surface area (Å²) in [5, 5.41) is 0. The van der Waals surface area contributed by atoms with Crippen LogP contribution < -0.4 is 37.2 Å². The lowest BCUT2D eigenvalue weighted by Crippen LogP contribution is -3.00. The highest BCUT2D eigenvalue weighted by atomic mass is 35.5. The molecule has 0 spiro atoms. The van der Waals surface area contributed by atoms with Crippen molar-refractivity contribution in [2.24, 2.45) is 0 Å². The number of hydrogen-bond acceptors (Lipinski definition) is 1. The van der Waals surface area contributed by atoms with Crippen molar-refractivity contribution in [1.29, 1.82) is 0 Å². The summed E-state index contributed by atoms with van der Waals surface area (Å²) in [6.07, 6.45) is 7.06. The Morgan fingerprint density at radius 2 is 1.36 bits per heavy atom. The van der Waals surface area contributed by atoms with Crippen LogP contribution >= 0.6 is 0 Å². The molecule has 1 nitrogen and oxygen atoms in total. The second kappa shape index (κ2) is 11.0. The van der Waals surface area contributed by atoms with E-state index in [-0.39, 0.29) is 37.2 Å². The molecule has 1 aliphatic carbocycles. The lowest BCUT2D eigenvalue weighted by atomic mass is 9.98. The molecule has 1 aliphatic rings. The SMILES string of the molecule is [Cl-].[Cl-].[Cl-].[Si]OC1CCCCC1. The smallest absolute Gasteiger partial charge is 0.246 e. The van der Waals surface area contributed by atoms with Crippen molar-refractivity contribution in [3.8, 4) is 0 Å². The van der Waals surface area contributed by atoms with Crippen molar-refractivity contribution in [3.63, 3.8) is 0 Å². The molecule has 0 heterocycles. The zero-order valence-corrected chi connectivity index (χ0v) is 9.42. The van der Waals surface area contributed by atoms with Crippen molar-refractivity contribution in [3.05, 3.63) is 0 Å². The Bertz CT molecular complexity index is 68.8. The third kappa shape index (κ3) is 7.41. The van der Waals surface area contributed by atoms with Gasteiger partial charge in [0.2, 0.25) is 10.5 Å². The molecule has 0 atom stereocenters. The van der Waals surface area contributed by atoms with Crippen LogP contribution in [-0.2, 0) is 4.43 Å². The Morgan fingerprint density at radius 3 is 1.64 bits per heavy atom. The lowest BCUT2D eigenvalue weighted by Gasteiger charge is -2.19. The molecule has 11 heavy (non-hydrogen) atoms. The summed E-state index contributed by atoms with van der Waals surface area (Å²) in [7, 11) is 3.06. The highest BCUT2D eigenvalue weighted by molar-refractivity contribution is 5.98. The molecule has 0 aromatic heterocycles. The van der Waals surface area contributed by atoms with Crippen LogP contribution in [0.3, 0.4) is 0 Å². The topological polar surface area (TPSA) is 9.23 Å². The Morgan fingerprint density at radius 1 is 0.909 bits per heavy atom. The first kappa shape index (κ1) is 18.0. The monoisotopic (exact) mass is 232 g/mol. The quantitative estimate of drug-likeness (QED) is 0.409. The van der Waals surface area contributed by atoms with Gasteiger partial charge < -0.3 is 41.6 Å². The predicted molar refractivity (Wildman–Crippen MR) is 33.7 cm³/mol. The van der Waals surface area contributed by atoms with Crippen LogP contribution in [0.15, 0.2) is 0 Å². The van der Waals surface area contributed by atoms with Crippen molar-refractivity contribution >= 4 is 10.5 Å². The van der Waals surface area contributed by atoms with Crippen molar-refractivity contribution in [2.75, 3.05) is 0 Å². The fraction of sp³-hybridized carbons (Fsp3) is 1.00. The molecular formula is C6H11Cl3OSi-3. The molecule has 5 heteroatoms. The van der Waals surface area contributed by atoms with E-state index in [1.165, 1.54) is 32.1 Å². The van der Waals surface area contributed by atoms with E-state index in [2.05, 4.69) is 10.5 Å². The molecule has 1 rings (SSSR count). The van der Waals surface area contributed by atoms with E-state index in [0.29, 0.717) is 6.10 Å². The minimum absolute atomic E-state index is 0. The fourth-order valence-corrected chi connectivity index (χ4v) is 1.42. The van der Waals surface area contributed by atoms with Gasteiger partial charge in [-0.15, -0.1) is 0 Å². The highest BCUT2D eigenvalue weighted by Gasteiger charge is 2.10. The molecule has 1 fully saturated rings. The van der Waals surface area contributed by atoms with E-state index >= 15 is 0 Å². The van der Waals surface area contributed by atoms with Gasteiger partial charge in [0.25, 0.3) is 0 Å². The standard InChI is InChI=1S/C6H11OSi.3ClH/c8-7-6-4-2-1-3-5-6;;;/h6H,1-5H2;3*1H/p-3. The minimum atomic E-state index is 0. The minimum Gasteiger partial charge on any atom is -1.00 e. The van der Waals surface area contributed by atoms with E-state index in [1.54, 1.807) is 0 Å². The molecule has 0 aliphatic heterocycles. The normalized spacial score (nSPS) is 17.2. The highest BCUT2D eigenvalue weighted by Crippen LogP contribution is 2.18. The molecule has 0 bridgehead atoms. The third-order valence-corrected chi connectivity index (χ3v) is 2.05. The average Bonchev–Trinajstić information content (AvgIpc) is 1.90. The average molecular weight is 234 g/mol. The summed E-state index contributed by atoms with van der Waals surface area (Å²) < 4.78 is 5.00. The van der Waals surface area contributed by atoms with Gasteiger partial charge in [0, 0.05) is 6.10 Å². The summed E-state index contributed by atoms with van der Waals surface area (Å²) in [4.78, 5) is 0. The van der Waals surface area contributed by atoms with E-state index in [9.17, 15) is 0 Å². The van der Waals surface area contributed by atoms with Crippen molar-refractivity contribution < 1.29 is 41.6 Å². The Hall–Kier alpha value is 1.05. The molecule has 0 N–H and O–H groups in total. The molecule has 0 amide bonds. The number of rotatable bonds is 1. The van der Waals surface area contributed by atoms with Gasteiger partial charge in [-0.05, 0) is 12.8 Å². The molecule has 0 unspecified atom stereocenters. The maximum atomic E-state index is 5.00. The summed E-state index contributed by atoms with van der Waals surface area (Å²) in [5.74, 6) is 0. The van der Waals surface area contributed by atoms with E-state index < -0.39 is 0 Å². The van der Waals surface area contributed by atoms with Gasteiger partial charge >= 0.3 is 0 Å². The van der Waals surface area contributed by atoms with Gasteiger partial charge in [0.15, 0.2) is 0 Å². The largest absolute Gasteiger partial charge is 1.00 e. The fourth-order valence-electron chi connectivity index (χ4n) is 1.18. The second-order valence-electron chi connectivity index (χ2n) is 2.38. The van der Waals surface area contributed by atoms with Gasteiger partial charge in [-0.1, -0.05) is 19.3 Å². The summed E-state index contributed by atoms with van der Waals surface area (Å²) in [6, 6.07) is 0. The van der Waals surface area contributed by atoms with E-state index in [1.807, 2.05) is 0 Å². The Kier molecular flexibility index (Phi) is 18.0. The van der Waals surface area contributed by atoms with E-state index in [4.69, 9.17) is 4.43 Å². The molecule has 1 saturated carbocycles. The van der Waals surface area contributed by atoms with Crippen LogP contribution in [0.5, 0.6) is 0 Å². The summed E-state index contributed by atoms with van der Waals surface area (Å²) in [6.45, 7) is 0. The number of halogens is 3. The van der Waals surface area contributed by atoms with Crippen LogP contribution in [0.4, 0.5) is 0 Å². The van der Waals surface area contributed by atoms with Gasteiger partial charge in [-0.3, -0.25) is 0 Å². The first-order valence-corrected chi connectivity index (χ1v) is 3.66. The maximum absolute atomic E-state index is 5.00. The summed E-state index contributed by atoms with van der Waals surface area (Å²) >= 11 is 0. The van der Waals surface area contributed by atoms with Crippen LogP contribution in [0, 0.1) is 0 Å². The van der Waals surface area contributed by atoms with Crippen LogP contribution in [0.2, 0.25) is 0 Å². The van der Waals surface area contributed by atoms with Gasteiger partial charge in [-0.25, -0.2) is 0 Å². The molecular weight excluding hydrogens is 223 g/mol. The Labute approximate surface area is 90.4 Å². The van der Waals surface area contributed by atoms with Crippen molar-refractivity contribution in [2.45, 2.75) is 38.2 Å². The van der Waals surface area contributed by atoms with Crippen LogP contribution in [0.1, 0.15) is 32.1 Å². The maximum Gasteiger partial charge on any atom is 0.246 e. The molecule has 0 aromatic carbocycles. The zero-order valence-electron chi connectivity index (χ0n) is 6.16. The van der Waals surface area contributed by atoms with Gasteiger partial charge in [-0.2, -0.15) is 0 Å². The number of hydrogen-bond donors (Lipinski definition) is 0. The third-order valence-electron chi connectivity index (χ3n) is 1.72. The van der Waals surface area contributed by atoms with Crippen LogP contribution in [-0.4, -0.2) is 16.6 Å². The molecule has 3 radical (unpaired) electrons. The second-order valence-corrected chi connectivity index (χ2v) is 2.61. The zero-order chi connectivity index (χ0) is 5.82. The molecule has 0 aromatic rings.